The molecule has 0 radical (unpaired) electrons. The van der Waals surface area contributed by atoms with Crippen molar-refractivity contribution in [3.63, 3.8) is 0 Å². The lowest BCUT2D eigenvalue weighted by Gasteiger charge is -2.25. The Bertz CT molecular complexity index is 693. The molecule has 2 aromatic carbocycles. The fourth-order valence-electron chi connectivity index (χ4n) is 2.29. The van der Waals surface area contributed by atoms with Gasteiger partial charge in [-0.1, -0.05) is 53.5 Å². The number of carbonyl (C=O) groups is 1. The van der Waals surface area contributed by atoms with Gasteiger partial charge in [0.05, 0.1) is 15.7 Å². The van der Waals surface area contributed by atoms with Crippen LogP contribution in [0.25, 0.3) is 0 Å². The van der Waals surface area contributed by atoms with E-state index in [1.807, 2.05) is 37.3 Å². The average molecular weight is 322 g/mol. The Morgan fingerprint density at radius 2 is 1.76 bits per heavy atom. The van der Waals surface area contributed by atoms with E-state index < -0.39 is 5.66 Å². The molecule has 21 heavy (non-hydrogen) atoms. The van der Waals surface area contributed by atoms with Crippen molar-refractivity contribution in [1.82, 2.24) is 10.7 Å². The third-order valence-electron chi connectivity index (χ3n) is 3.41. The molecule has 2 N–H and O–H groups in total. The fourth-order valence-corrected chi connectivity index (χ4v) is 2.58. The molecule has 1 saturated heterocycles. The predicted molar refractivity (Wildman–Crippen MR) is 84.4 cm³/mol. The summed E-state index contributed by atoms with van der Waals surface area (Å²) in [5.74, 6) is 0. The number of hydrogen-bond acceptors (Lipinski definition) is 2. The van der Waals surface area contributed by atoms with Crippen molar-refractivity contribution in [2.75, 3.05) is 5.01 Å². The van der Waals surface area contributed by atoms with E-state index >= 15 is 0 Å². The van der Waals surface area contributed by atoms with Gasteiger partial charge in [-0.25, -0.2) is 9.80 Å². The van der Waals surface area contributed by atoms with Crippen molar-refractivity contribution >= 4 is 34.9 Å². The van der Waals surface area contributed by atoms with Crippen LogP contribution in [0.4, 0.5) is 10.5 Å². The molecule has 0 bridgehead atoms. The number of urea groups is 1. The Labute approximate surface area is 132 Å². The lowest BCUT2D eigenvalue weighted by molar-refractivity contribution is 0.248. The maximum absolute atomic E-state index is 12.2. The molecule has 108 valence electrons. The van der Waals surface area contributed by atoms with E-state index in [2.05, 4.69) is 10.7 Å². The number of rotatable bonds is 2. The molecule has 1 aliphatic rings. The Kier molecular flexibility index (Phi) is 3.53. The summed E-state index contributed by atoms with van der Waals surface area (Å²) in [5.41, 5.74) is 4.08. The third-order valence-corrected chi connectivity index (χ3v) is 4.15. The number of carbonyl (C=O) groups excluding carboxylic acids is 1. The highest BCUT2D eigenvalue weighted by atomic mass is 35.5. The SMILES string of the molecule is CC1(c2ccccc2)NC(=O)N(c2ccc(Cl)c(Cl)c2)N1. The Morgan fingerprint density at radius 1 is 1.05 bits per heavy atom. The molecule has 1 atom stereocenters. The molecular weight excluding hydrogens is 309 g/mol. The zero-order valence-electron chi connectivity index (χ0n) is 11.2. The summed E-state index contributed by atoms with van der Waals surface area (Å²) in [7, 11) is 0. The van der Waals surface area contributed by atoms with Gasteiger partial charge in [-0.15, -0.1) is 0 Å². The normalized spacial score (nSPS) is 21.5. The van der Waals surface area contributed by atoms with Crippen LogP contribution in [0.2, 0.25) is 10.0 Å². The number of amides is 2. The third kappa shape index (κ3) is 2.58. The molecule has 2 aromatic rings. The van der Waals surface area contributed by atoms with Crippen LogP contribution in [0.1, 0.15) is 12.5 Å². The molecule has 0 spiro atoms. The first-order valence-corrected chi connectivity index (χ1v) is 7.16. The van der Waals surface area contributed by atoms with Crippen LogP contribution < -0.4 is 15.8 Å². The van der Waals surface area contributed by atoms with Gasteiger partial charge in [0.1, 0.15) is 5.66 Å². The zero-order valence-corrected chi connectivity index (χ0v) is 12.7. The molecule has 1 fully saturated rings. The summed E-state index contributed by atoms with van der Waals surface area (Å²) in [4.78, 5) is 12.2. The number of nitrogens with zero attached hydrogens (tertiary/aromatic N) is 1. The lowest BCUT2D eigenvalue weighted by Crippen LogP contribution is -2.45. The Morgan fingerprint density at radius 3 is 2.43 bits per heavy atom. The van der Waals surface area contributed by atoms with Gasteiger partial charge in [0.2, 0.25) is 0 Å². The first-order chi connectivity index (χ1) is 9.99. The Hall–Kier alpha value is -1.75. The molecule has 0 saturated carbocycles. The molecule has 4 nitrogen and oxygen atoms in total. The second-order valence-corrected chi connectivity index (χ2v) is 5.78. The summed E-state index contributed by atoms with van der Waals surface area (Å²) >= 11 is 11.9. The first-order valence-electron chi connectivity index (χ1n) is 6.40. The van der Waals surface area contributed by atoms with Crippen molar-refractivity contribution in [3.05, 3.63) is 64.1 Å². The van der Waals surface area contributed by atoms with Gasteiger partial charge in [-0.3, -0.25) is 0 Å². The maximum Gasteiger partial charge on any atom is 0.338 e. The van der Waals surface area contributed by atoms with E-state index in [-0.39, 0.29) is 6.03 Å². The van der Waals surface area contributed by atoms with E-state index in [9.17, 15) is 4.79 Å². The van der Waals surface area contributed by atoms with Crippen molar-refractivity contribution in [3.8, 4) is 0 Å². The summed E-state index contributed by atoms with van der Waals surface area (Å²) in [6, 6.07) is 14.5. The van der Waals surface area contributed by atoms with Crippen molar-refractivity contribution in [2.45, 2.75) is 12.6 Å². The minimum atomic E-state index is -0.676. The van der Waals surface area contributed by atoms with Gasteiger partial charge in [0.15, 0.2) is 0 Å². The van der Waals surface area contributed by atoms with E-state index in [1.165, 1.54) is 5.01 Å². The van der Waals surface area contributed by atoms with E-state index in [4.69, 9.17) is 23.2 Å². The highest BCUT2D eigenvalue weighted by Gasteiger charge is 2.40. The van der Waals surface area contributed by atoms with Gasteiger partial charge in [-0.2, -0.15) is 5.43 Å². The molecule has 2 amide bonds. The number of halogens is 2. The number of anilines is 1. The Balaban J connectivity index is 1.93. The molecule has 0 aliphatic carbocycles. The molecular formula is C15H13Cl2N3O. The van der Waals surface area contributed by atoms with Crippen LogP contribution in [0.15, 0.2) is 48.5 Å². The summed E-state index contributed by atoms with van der Waals surface area (Å²) in [5, 5.41) is 5.20. The van der Waals surface area contributed by atoms with E-state index in [0.29, 0.717) is 15.7 Å². The number of benzene rings is 2. The highest BCUT2D eigenvalue weighted by Crippen LogP contribution is 2.30. The molecule has 1 heterocycles. The molecule has 3 rings (SSSR count). The lowest BCUT2D eigenvalue weighted by atomic mass is 10.0. The van der Waals surface area contributed by atoms with Crippen LogP contribution in [0.3, 0.4) is 0 Å². The minimum absolute atomic E-state index is 0.250. The van der Waals surface area contributed by atoms with Gasteiger partial charge >= 0.3 is 6.03 Å². The van der Waals surface area contributed by atoms with Crippen LogP contribution in [0, 0.1) is 0 Å². The van der Waals surface area contributed by atoms with Crippen LogP contribution in [-0.2, 0) is 5.66 Å². The average Bonchev–Trinajstić information content (AvgIpc) is 2.79. The summed E-state index contributed by atoms with van der Waals surface area (Å²) < 4.78 is 0. The second-order valence-electron chi connectivity index (χ2n) is 4.97. The summed E-state index contributed by atoms with van der Waals surface area (Å²) in [6.07, 6.45) is 0. The number of nitrogens with one attached hydrogen (secondary N) is 2. The second kappa shape index (κ2) is 5.22. The van der Waals surface area contributed by atoms with Gasteiger partial charge < -0.3 is 5.32 Å². The highest BCUT2D eigenvalue weighted by molar-refractivity contribution is 6.42. The largest absolute Gasteiger partial charge is 0.338 e. The smallest absolute Gasteiger partial charge is 0.313 e. The number of hydrogen-bond donors (Lipinski definition) is 2. The zero-order chi connectivity index (χ0) is 15.0. The number of hydrazine groups is 1. The minimum Gasteiger partial charge on any atom is -0.313 e. The van der Waals surface area contributed by atoms with Gasteiger partial charge in [-0.05, 0) is 30.7 Å². The van der Waals surface area contributed by atoms with Gasteiger partial charge in [0.25, 0.3) is 0 Å². The monoisotopic (exact) mass is 321 g/mol. The van der Waals surface area contributed by atoms with E-state index in [0.717, 1.165) is 5.56 Å². The predicted octanol–water partition coefficient (Wildman–Crippen LogP) is 3.90. The summed E-state index contributed by atoms with van der Waals surface area (Å²) in [6.45, 7) is 1.90. The molecule has 6 heteroatoms. The first kappa shape index (κ1) is 14.2. The molecule has 1 aliphatic heterocycles. The van der Waals surface area contributed by atoms with Crippen molar-refractivity contribution in [1.29, 1.82) is 0 Å². The van der Waals surface area contributed by atoms with Gasteiger partial charge in [0, 0.05) is 0 Å². The topological polar surface area (TPSA) is 44.4 Å². The van der Waals surface area contributed by atoms with Crippen molar-refractivity contribution in [2.24, 2.45) is 0 Å². The molecule has 1 unspecified atom stereocenters. The maximum atomic E-state index is 12.2. The fraction of sp³-hybridized carbons (Fsp3) is 0.133. The van der Waals surface area contributed by atoms with Crippen LogP contribution >= 0.6 is 23.2 Å². The van der Waals surface area contributed by atoms with Crippen molar-refractivity contribution < 1.29 is 4.79 Å². The molecule has 0 aromatic heterocycles. The standard InChI is InChI=1S/C15H13Cl2N3O/c1-15(10-5-3-2-4-6-10)18-14(21)20(19-15)11-7-8-12(16)13(17)9-11/h2-9,19H,1H3,(H,18,21). The van der Waals surface area contributed by atoms with E-state index in [1.54, 1.807) is 18.2 Å². The van der Waals surface area contributed by atoms with Crippen LogP contribution in [0.5, 0.6) is 0 Å². The quantitative estimate of drug-likeness (QED) is 0.881. The van der Waals surface area contributed by atoms with Crippen LogP contribution in [-0.4, -0.2) is 6.03 Å².